The van der Waals surface area contributed by atoms with Crippen LogP contribution in [0.2, 0.25) is 0 Å². The van der Waals surface area contributed by atoms with Crippen LogP contribution in [0.3, 0.4) is 0 Å². The molecular weight excluding hydrogens is 595 g/mol. The Morgan fingerprint density at radius 1 is 0.551 bits per heavy atom. The molecule has 0 amide bonds. The molecule has 0 fully saturated rings. The van der Waals surface area contributed by atoms with Crippen molar-refractivity contribution in [2.75, 3.05) is 0 Å². The Kier molecular flexibility index (Phi) is 7.18. The lowest BCUT2D eigenvalue weighted by atomic mass is 9.93. The smallest absolute Gasteiger partial charge is 0.0626 e. The normalized spacial score (nSPS) is 12.8. The van der Waals surface area contributed by atoms with Crippen LogP contribution in [0, 0.1) is 0 Å². The molecule has 0 saturated heterocycles. The fraction of sp³-hybridized carbons (Fsp3) is 0.0435. The third-order valence-corrected chi connectivity index (χ3v) is 9.86. The summed E-state index contributed by atoms with van der Waals surface area (Å²) in [6.45, 7) is 0.728. The number of aromatic nitrogens is 1. The van der Waals surface area contributed by atoms with Crippen LogP contribution >= 0.6 is 0 Å². The molecule has 0 saturated carbocycles. The first-order chi connectivity index (χ1) is 24.2. The summed E-state index contributed by atoms with van der Waals surface area (Å²) in [4.78, 5) is 0. The van der Waals surface area contributed by atoms with Crippen LogP contribution in [-0.4, -0.2) is 4.57 Å². The number of hydrogen-bond acceptors (Lipinski definition) is 2. The highest BCUT2D eigenvalue weighted by atomic mass is 15.0. The summed E-state index contributed by atoms with van der Waals surface area (Å²) in [5, 5.41) is 14.0. The average Bonchev–Trinajstić information content (AvgIpc) is 3.52. The quantitative estimate of drug-likeness (QED) is 0.172. The van der Waals surface area contributed by atoms with Gasteiger partial charge in [0.2, 0.25) is 0 Å². The first-order valence-corrected chi connectivity index (χ1v) is 16.9. The van der Waals surface area contributed by atoms with Gasteiger partial charge < -0.3 is 15.6 Å². The molecular formula is C46H35N3. The Labute approximate surface area is 285 Å². The zero-order valence-electron chi connectivity index (χ0n) is 27.1. The van der Waals surface area contributed by atoms with Crippen molar-refractivity contribution < 1.29 is 0 Å². The van der Waals surface area contributed by atoms with Gasteiger partial charge in [0, 0.05) is 39.5 Å². The van der Waals surface area contributed by atoms with E-state index in [9.17, 15) is 0 Å². The average molecular weight is 630 g/mol. The minimum Gasteiger partial charge on any atom is -0.398 e. The molecule has 0 aliphatic heterocycles. The number of fused-ring (bicyclic) bond motifs is 10. The van der Waals surface area contributed by atoms with E-state index < -0.39 is 0 Å². The first-order valence-electron chi connectivity index (χ1n) is 16.9. The molecule has 0 radical (unpaired) electrons. The van der Waals surface area contributed by atoms with E-state index in [4.69, 9.17) is 5.73 Å². The molecule has 3 N–H and O–H groups in total. The van der Waals surface area contributed by atoms with E-state index in [0.29, 0.717) is 0 Å². The molecule has 1 aromatic heterocycles. The maximum Gasteiger partial charge on any atom is 0.0626 e. The fourth-order valence-electron chi connectivity index (χ4n) is 7.54. The fourth-order valence-corrected chi connectivity index (χ4v) is 7.54. The standard InChI is InChI=1S/C46H35N3/c47-41(33-16-5-2-6-17-33)29-42(48-30-31-13-3-1-4-14-31)34-23-26-35(27-24-34)49-43-22-12-11-21-40(43)45-44-36-18-8-7-15-32(36)25-28-38(44)37-19-9-10-20-39(37)46(45)49/h1-29,42,48H,30,47H2/b41-29-. The van der Waals surface area contributed by atoms with Crippen molar-refractivity contribution in [1.82, 2.24) is 9.88 Å². The summed E-state index contributed by atoms with van der Waals surface area (Å²) in [6, 6.07) is 60.6. The van der Waals surface area contributed by atoms with Crippen LogP contribution in [-0.2, 0) is 6.54 Å². The van der Waals surface area contributed by atoms with E-state index in [-0.39, 0.29) is 6.04 Å². The summed E-state index contributed by atoms with van der Waals surface area (Å²) < 4.78 is 2.46. The summed E-state index contributed by atoms with van der Waals surface area (Å²) >= 11 is 0. The van der Waals surface area contributed by atoms with Gasteiger partial charge in [-0.2, -0.15) is 0 Å². The molecule has 9 rings (SSSR count). The van der Waals surface area contributed by atoms with Crippen LogP contribution in [0.5, 0.6) is 0 Å². The van der Waals surface area contributed by atoms with Crippen molar-refractivity contribution in [2.45, 2.75) is 12.6 Å². The Hall–Kier alpha value is -6.16. The number of para-hydroxylation sites is 1. The van der Waals surface area contributed by atoms with E-state index in [2.05, 4.69) is 168 Å². The highest BCUT2D eigenvalue weighted by Crippen LogP contribution is 2.44. The Morgan fingerprint density at radius 3 is 1.96 bits per heavy atom. The van der Waals surface area contributed by atoms with Gasteiger partial charge in [0.25, 0.3) is 0 Å². The number of nitrogens with zero attached hydrogens (tertiary/aromatic N) is 1. The van der Waals surface area contributed by atoms with Gasteiger partial charge in [-0.25, -0.2) is 0 Å². The van der Waals surface area contributed by atoms with Gasteiger partial charge in [-0.15, -0.1) is 0 Å². The number of rotatable bonds is 7. The summed E-state index contributed by atoms with van der Waals surface area (Å²) in [6.07, 6.45) is 2.14. The van der Waals surface area contributed by atoms with Gasteiger partial charge in [-0.1, -0.05) is 152 Å². The lowest BCUT2D eigenvalue weighted by Crippen LogP contribution is -2.20. The Balaban J connectivity index is 1.24. The Bertz CT molecular complexity index is 2650. The largest absolute Gasteiger partial charge is 0.398 e. The first kappa shape index (κ1) is 29.0. The zero-order valence-corrected chi connectivity index (χ0v) is 27.1. The van der Waals surface area contributed by atoms with Crippen LogP contribution in [0.4, 0.5) is 0 Å². The minimum absolute atomic E-state index is 0.0799. The van der Waals surface area contributed by atoms with Crippen molar-refractivity contribution in [1.29, 1.82) is 0 Å². The maximum absolute atomic E-state index is 6.69. The van der Waals surface area contributed by atoms with Gasteiger partial charge >= 0.3 is 0 Å². The SMILES string of the molecule is N/C(=C\C(NCc1ccccc1)c1ccc(-n2c3ccccc3c3c4c5ccccc5ccc4c4ccccc4c32)cc1)c1ccccc1. The minimum atomic E-state index is -0.0799. The van der Waals surface area contributed by atoms with E-state index >= 15 is 0 Å². The predicted octanol–water partition coefficient (Wildman–Crippen LogP) is 11.1. The van der Waals surface area contributed by atoms with Crippen LogP contribution in [0.15, 0.2) is 176 Å². The molecule has 3 heteroatoms. The van der Waals surface area contributed by atoms with Gasteiger partial charge in [-0.05, 0) is 62.5 Å². The Morgan fingerprint density at radius 2 is 1.18 bits per heavy atom. The lowest BCUT2D eigenvalue weighted by molar-refractivity contribution is 0.621. The van der Waals surface area contributed by atoms with Gasteiger partial charge in [-0.3, -0.25) is 0 Å². The molecule has 9 aromatic rings. The van der Waals surface area contributed by atoms with Crippen molar-refractivity contribution in [2.24, 2.45) is 5.73 Å². The summed E-state index contributed by atoms with van der Waals surface area (Å²) in [7, 11) is 0. The lowest BCUT2D eigenvalue weighted by Gasteiger charge is -2.19. The van der Waals surface area contributed by atoms with Crippen LogP contribution in [0.25, 0.3) is 65.5 Å². The van der Waals surface area contributed by atoms with Gasteiger partial charge in [0.15, 0.2) is 0 Å². The molecule has 0 aliphatic carbocycles. The highest BCUT2D eigenvalue weighted by molar-refractivity contribution is 6.36. The van der Waals surface area contributed by atoms with Gasteiger partial charge in [0.1, 0.15) is 0 Å². The monoisotopic (exact) mass is 629 g/mol. The molecule has 3 nitrogen and oxygen atoms in total. The molecule has 8 aromatic carbocycles. The number of hydrogen-bond donors (Lipinski definition) is 2. The molecule has 234 valence electrons. The van der Waals surface area contributed by atoms with Crippen molar-refractivity contribution in [3.63, 3.8) is 0 Å². The van der Waals surface area contributed by atoms with Crippen molar-refractivity contribution in [3.05, 3.63) is 193 Å². The van der Waals surface area contributed by atoms with Crippen molar-refractivity contribution in [3.8, 4) is 5.69 Å². The van der Waals surface area contributed by atoms with E-state index in [1.165, 1.54) is 59.7 Å². The number of nitrogens with two attached hydrogens (primary N) is 1. The second kappa shape index (κ2) is 12.1. The summed E-state index contributed by atoms with van der Waals surface area (Å²) in [5.74, 6) is 0. The molecule has 0 spiro atoms. The molecule has 1 atom stereocenters. The molecule has 0 bridgehead atoms. The molecule has 0 aliphatic rings. The van der Waals surface area contributed by atoms with Crippen LogP contribution < -0.4 is 11.1 Å². The second-order valence-corrected chi connectivity index (χ2v) is 12.8. The summed E-state index contributed by atoms with van der Waals surface area (Å²) in [5.41, 5.74) is 14.4. The third kappa shape index (κ3) is 5.04. The topological polar surface area (TPSA) is 43.0 Å². The number of benzene rings is 8. The molecule has 49 heavy (non-hydrogen) atoms. The van der Waals surface area contributed by atoms with Crippen LogP contribution in [0.1, 0.15) is 22.7 Å². The predicted molar refractivity (Wildman–Crippen MR) is 208 cm³/mol. The maximum atomic E-state index is 6.69. The molecule has 1 heterocycles. The van der Waals surface area contributed by atoms with E-state index in [0.717, 1.165) is 29.1 Å². The number of nitrogens with one attached hydrogen (secondary N) is 1. The van der Waals surface area contributed by atoms with E-state index in [1.807, 2.05) is 18.2 Å². The zero-order chi connectivity index (χ0) is 32.7. The van der Waals surface area contributed by atoms with E-state index in [1.54, 1.807) is 0 Å². The molecule has 1 unspecified atom stereocenters. The van der Waals surface area contributed by atoms with Gasteiger partial charge in [0.05, 0.1) is 17.1 Å². The van der Waals surface area contributed by atoms with Crippen molar-refractivity contribution >= 4 is 59.8 Å². The second-order valence-electron chi connectivity index (χ2n) is 12.8. The third-order valence-electron chi connectivity index (χ3n) is 9.86. The highest BCUT2D eigenvalue weighted by Gasteiger charge is 2.20.